The zero-order valence-electron chi connectivity index (χ0n) is 12.8. The highest BCUT2D eigenvalue weighted by molar-refractivity contribution is 5.35. The molecule has 1 saturated heterocycles. The Morgan fingerprint density at radius 1 is 1.36 bits per heavy atom. The summed E-state index contributed by atoms with van der Waals surface area (Å²) in [4.78, 5) is 11.4. The SMILES string of the molecule is Cc1cc(CN2CCC(Nc3ccnc(C4CC4)n3)C2)no1. The molecule has 0 spiro atoms. The van der Waals surface area contributed by atoms with Crippen LogP contribution >= 0.6 is 0 Å². The van der Waals surface area contributed by atoms with Gasteiger partial charge in [-0.3, -0.25) is 4.90 Å². The van der Waals surface area contributed by atoms with Crippen LogP contribution in [-0.4, -0.2) is 39.2 Å². The molecule has 2 fully saturated rings. The Hall–Kier alpha value is -1.95. The minimum Gasteiger partial charge on any atom is -0.366 e. The lowest BCUT2D eigenvalue weighted by atomic mass is 10.2. The average Bonchev–Trinajstić information content (AvgIpc) is 3.16. The highest BCUT2D eigenvalue weighted by Crippen LogP contribution is 2.38. The molecule has 0 radical (unpaired) electrons. The van der Waals surface area contributed by atoms with Gasteiger partial charge in [0.25, 0.3) is 0 Å². The largest absolute Gasteiger partial charge is 0.366 e. The number of nitrogens with zero attached hydrogens (tertiary/aromatic N) is 4. The van der Waals surface area contributed by atoms with Crippen LogP contribution in [0.4, 0.5) is 5.82 Å². The van der Waals surface area contributed by atoms with Crippen molar-refractivity contribution >= 4 is 5.82 Å². The Labute approximate surface area is 129 Å². The Morgan fingerprint density at radius 3 is 3.05 bits per heavy atom. The van der Waals surface area contributed by atoms with Gasteiger partial charge in [-0.05, 0) is 32.3 Å². The van der Waals surface area contributed by atoms with E-state index in [0.717, 1.165) is 49.2 Å². The Bertz CT molecular complexity index is 651. The molecule has 2 aromatic rings. The molecule has 0 amide bonds. The Kier molecular flexibility index (Phi) is 3.54. The molecule has 4 rings (SSSR count). The number of likely N-dealkylation sites (tertiary alicyclic amines) is 1. The summed E-state index contributed by atoms with van der Waals surface area (Å²) >= 11 is 0. The van der Waals surface area contributed by atoms with Crippen molar-refractivity contribution in [3.8, 4) is 0 Å². The number of anilines is 1. The van der Waals surface area contributed by atoms with Gasteiger partial charge in [-0.15, -0.1) is 0 Å². The maximum Gasteiger partial charge on any atom is 0.133 e. The summed E-state index contributed by atoms with van der Waals surface area (Å²) in [5, 5.41) is 7.62. The van der Waals surface area contributed by atoms with Gasteiger partial charge in [-0.1, -0.05) is 5.16 Å². The predicted octanol–water partition coefficient (Wildman–Crippen LogP) is 2.34. The smallest absolute Gasteiger partial charge is 0.133 e. The van der Waals surface area contributed by atoms with Crippen molar-refractivity contribution < 1.29 is 4.52 Å². The number of aromatic nitrogens is 3. The molecule has 6 nitrogen and oxygen atoms in total. The fraction of sp³-hybridized carbons (Fsp3) is 0.562. The first-order valence-electron chi connectivity index (χ1n) is 8.00. The number of hydrogen-bond acceptors (Lipinski definition) is 6. The molecule has 6 heteroatoms. The molecular weight excluding hydrogens is 278 g/mol. The third-order valence-corrected chi connectivity index (χ3v) is 4.30. The Morgan fingerprint density at radius 2 is 2.27 bits per heavy atom. The zero-order chi connectivity index (χ0) is 14.9. The highest BCUT2D eigenvalue weighted by Gasteiger charge is 2.27. The van der Waals surface area contributed by atoms with Crippen LogP contribution < -0.4 is 5.32 Å². The molecule has 0 aromatic carbocycles. The van der Waals surface area contributed by atoms with Gasteiger partial charge in [0.1, 0.15) is 17.4 Å². The summed E-state index contributed by atoms with van der Waals surface area (Å²) < 4.78 is 5.13. The molecule has 1 saturated carbocycles. The topological polar surface area (TPSA) is 67.1 Å². The molecule has 2 aliphatic rings. The second-order valence-electron chi connectivity index (χ2n) is 6.37. The fourth-order valence-corrected chi connectivity index (χ4v) is 3.02. The van der Waals surface area contributed by atoms with Crippen molar-refractivity contribution in [1.29, 1.82) is 0 Å². The van der Waals surface area contributed by atoms with Crippen molar-refractivity contribution in [2.75, 3.05) is 18.4 Å². The molecule has 1 aliphatic carbocycles. The summed E-state index contributed by atoms with van der Waals surface area (Å²) in [5.41, 5.74) is 1.01. The normalized spacial score (nSPS) is 22.1. The van der Waals surface area contributed by atoms with E-state index in [4.69, 9.17) is 4.52 Å². The number of aryl methyl sites for hydroxylation is 1. The van der Waals surface area contributed by atoms with Gasteiger partial charge in [0.2, 0.25) is 0 Å². The summed E-state index contributed by atoms with van der Waals surface area (Å²) in [6.45, 7) is 4.86. The van der Waals surface area contributed by atoms with Gasteiger partial charge in [-0.2, -0.15) is 0 Å². The van der Waals surface area contributed by atoms with Crippen molar-refractivity contribution in [2.24, 2.45) is 0 Å². The third-order valence-electron chi connectivity index (χ3n) is 4.30. The number of nitrogens with one attached hydrogen (secondary N) is 1. The molecule has 1 atom stereocenters. The van der Waals surface area contributed by atoms with E-state index in [9.17, 15) is 0 Å². The van der Waals surface area contributed by atoms with E-state index in [1.807, 2.05) is 25.3 Å². The predicted molar refractivity (Wildman–Crippen MR) is 82.6 cm³/mol. The third kappa shape index (κ3) is 3.11. The summed E-state index contributed by atoms with van der Waals surface area (Å²) in [6, 6.07) is 4.41. The first-order valence-corrected chi connectivity index (χ1v) is 8.00. The Balaban J connectivity index is 1.33. The van der Waals surface area contributed by atoms with E-state index in [1.165, 1.54) is 12.8 Å². The average molecular weight is 299 g/mol. The maximum atomic E-state index is 5.13. The van der Waals surface area contributed by atoms with Gasteiger partial charge in [-0.25, -0.2) is 9.97 Å². The van der Waals surface area contributed by atoms with Crippen molar-refractivity contribution in [2.45, 2.75) is 44.7 Å². The molecule has 1 unspecified atom stereocenters. The van der Waals surface area contributed by atoms with Crippen molar-refractivity contribution in [1.82, 2.24) is 20.0 Å². The lowest BCUT2D eigenvalue weighted by Gasteiger charge is -2.16. The van der Waals surface area contributed by atoms with Crippen LogP contribution in [0.5, 0.6) is 0 Å². The van der Waals surface area contributed by atoms with E-state index in [2.05, 4.69) is 25.3 Å². The van der Waals surface area contributed by atoms with Gasteiger partial charge in [0.05, 0.1) is 5.69 Å². The molecule has 1 N–H and O–H groups in total. The van der Waals surface area contributed by atoms with E-state index in [1.54, 1.807) is 0 Å². The van der Waals surface area contributed by atoms with Crippen LogP contribution in [0.25, 0.3) is 0 Å². The monoisotopic (exact) mass is 299 g/mol. The van der Waals surface area contributed by atoms with E-state index >= 15 is 0 Å². The van der Waals surface area contributed by atoms with E-state index in [0.29, 0.717) is 12.0 Å². The van der Waals surface area contributed by atoms with Crippen LogP contribution in [-0.2, 0) is 6.54 Å². The quantitative estimate of drug-likeness (QED) is 0.914. The lowest BCUT2D eigenvalue weighted by Crippen LogP contribution is -2.26. The van der Waals surface area contributed by atoms with E-state index in [-0.39, 0.29) is 0 Å². The van der Waals surface area contributed by atoms with Crippen LogP contribution in [0.15, 0.2) is 22.9 Å². The first kappa shape index (κ1) is 13.7. The molecule has 0 bridgehead atoms. The van der Waals surface area contributed by atoms with Crippen LogP contribution in [0.1, 0.15) is 42.5 Å². The lowest BCUT2D eigenvalue weighted by molar-refractivity contribution is 0.309. The van der Waals surface area contributed by atoms with Gasteiger partial charge in [0.15, 0.2) is 0 Å². The van der Waals surface area contributed by atoms with Crippen molar-refractivity contribution in [3.63, 3.8) is 0 Å². The second-order valence-corrected chi connectivity index (χ2v) is 6.37. The second kappa shape index (κ2) is 5.68. The molecule has 116 valence electrons. The standard InChI is InChI=1S/C16H21N5O/c1-11-8-14(20-22-11)10-21-7-5-13(9-21)18-15-4-6-17-16(19-15)12-2-3-12/h4,6,8,12-13H,2-3,5,7,9-10H2,1H3,(H,17,18,19). The molecule has 3 heterocycles. The maximum absolute atomic E-state index is 5.13. The number of rotatable bonds is 5. The molecule has 1 aliphatic heterocycles. The molecule has 22 heavy (non-hydrogen) atoms. The number of hydrogen-bond donors (Lipinski definition) is 1. The summed E-state index contributed by atoms with van der Waals surface area (Å²) in [7, 11) is 0. The first-order chi connectivity index (χ1) is 10.8. The minimum absolute atomic E-state index is 0.440. The van der Waals surface area contributed by atoms with Crippen LogP contribution in [0.3, 0.4) is 0 Å². The summed E-state index contributed by atoms with van der Waals surface area (Å²) in [5.74, 6) is 3.42. The van der Waals surface area contributed by atoms with Gasteiger partial charge < -0.3 is 9.84 Å². The van der Waals surface area contributed by atoms with E-state index < -0.39 is 0 Å². The molecule has 2 aromatic heterocycles. The summed E-state index contributed by atoms with van der Waals surface area (Å²) in [6.07, 6.45) is 5.46. The highest BCUT2D eigenvalue weighted by atomic mass is 16.5. The van der Waals surface area contributed by atoms with Crippen molar-refractivity contribution in [3.05, 3.63) is 35.6 Å². The van der Waals surface area contributed by atoms with Gasteiger partial charge in [0, 0.05) is 43.9 Å². The van der Waals surface area contributed by atoms with Gasteiger partial charge >= 0.3 is 0 Å². The minimum atomic E-state index is 0.440. The molecular formula is C16H21N5O. The zero-order valence-corrected chi connectivity index (χ0v) is 12.8. The van der Waals surface area contributed by atoms with Crippen LogP contribution in [0.2, 0.25) is 0 Å². The fourth-order valence-electron chi connectivity index (χ4n) is 3.02. The van der Waals surface area contributed by atoms with Crippen LogP contribution in [0, 0.1) is 6.92 Å².